The normalized spacial score (nSPS) is 9.75. The Labute approximate surface area is 53.8 Å². The molecule has 0 aliphatic rings. The van der Waals surface area contributed by atoms with Gasteiger partial charge in [0, 0.05) is 0 Å². The summed E-state index contributed by atoms with van der Waals surface area (Å²) in [5, 5.41) is 5.28. The Hall–Kier alpha value is -0.440. The summed E-state index contributed by atoms with van der Waals surface area (Å²) >= 11 is 1.48. The molecule has 2 nitrogen and oxygen atoms in total. The Morgan fingerprint density at radius 1 is 1.62 bits per heavy atom. The van der Waals surface area contributed by atoms with Gasteiger partial charge in [-0.05, 0) is 19.3 Å². The first-order chi connectivity index (χ1) is 3.77. The number of nitrogens with two attached hydrogens (primary N) is 1. The number of hydrogen-bond acceptors (Lipinski definition) is 3. The highest BCUT2D eigenvalue weighted by atomic mass is 32.2. The molecule has 0 saturated heterocycles. The molecule has 46 valence electrons. The van der Waals surface area contributed by atoms with E-state index in [9.17, 15) is 0 Å². The fraction of sp³-hybridized carbons (Fsp3) is 0.400. The zero-order valence-corrected chi connectivity index (χ0v) is 5.90. The first-order valence-electron chi connectivity index (χ1n) is 2.28. The fourth-order valence-electron chi connectivity index (χ4n) is 0.202. The van der Waals surface area contributed by atoms with Crippen molar-refractivity contribution in [2.24, 2.45) is 10.9 Å². The molecule has 0 atom stereocenters. The van der Waals surface area contributed by atoms with Crippen LogP contribution in [0.25, 0.3) is 0 Å². The van der Waals surface area contributed by atoms with E-state index in [4.69, 9.17) is 5.84 Å². The van der Waals surface area contributed by atoms with Gasteiger partial charge in [0.05, 0.1) is 5.55 Å². The minimum atomic E-state index is 1.26. The third-order valence-electron chi connectivity index (χ3n) is 0.425. The third kappa shape index (κ3) is 5.56. The SMILES string of the molecule is CC(C)=CS/C=N\N. The summed E-state index contributed by atoms with van der Waals surface area (Å²) in [6.45, 7) is 4.05. The second kappa shape index (κ2) is 4.71. The number of thioether (sulfide) groups is 1. The predicted molar refractivity (Wildman–Crippen MR) is 39.7 cm³/mol. The molecule has 0 aromatic rings. The topological polar surface area (TPSA) is 38.4 Å². The maximum absolute atomic E-state index is 4.83. The van der Waals surface area contributed by atoms with E-state index in [-0.39, 0.29) is 0 Å². The van der Waals surface area contributed by atoms with E-state index >= 15 is 0 Å². The van der Waals surface area contributed by atoms with Crippen molar-refractivity contribution in [3.8, 4) is 0 Å². The van der Waals surface area contributed by atoms with E-state index in [2.05, 4.69) is 5.10 Å². The Morgan fingerprint density at radius 2 is 2.25 bits per heavy atom. The number of allylic oxidation sites excluding steroid dienone is 1. The molecule has 0 unspecified atom stereocenters. The van der Waals surface area contributed by atoms with Gasteiger partial charge in [0.15, 0.2) is 0 Å². The lowest BCUT2D eigenvalue weighted by atomic mass is 10.4. The van der Waals surface area contributed by atoms with Gasteiger partial charge in [-0.2, -0.15) is 5.10 Å². The summed E-state index contributed by atoms with van der Waals surface area (Å²) in [6, 6.07) is 0. The fourth-order valence-corrected chi connectivity index (χ4v) is 0.605. The highest BCUT2D eigenvalue weighted by Crippen LogP contribution is 2.00. The maximum atomic E-state index is 4.83. The van der Waals surface area contributed by atoms with Gasteiger partial charge >= 0.3 is 0 Å². The van der Waals surface area contributed by atoms with Gasteiger partial charge in [-0.25, -0.2) is 0 Å². The number of nitrogens with zero attached hydrogens (tertiary/aromatic N) is 1. The van der Waals surface area contributed by atoms with Gasteiger partial charge in [-0.15, -0.1) is 0 Å². The quantitative estimate of drug-likeness (QED) is 0.266. The standard InChI is InChI=1S/C5H10N2S/c1-5(2)3-8-4-7-6/h3-4H,6H2,1-2H3/b7-4-. The lowest BCUT2D eigenvalue weighted by Gasteiger charge is -1.82. The van der Waals surface area contributed by atoms with Crippen molar-refractivity contribution >= 4 is 17.3 Å². The van der Waals surface area contributed by atoms with Crippen LogP contribution in [0, 0.1) is 0 Å². The van der Waals surface area contributed by atoms with Crippen LogP contribution in [0.3, 0.4) is 0 Å². The van der Waals surface area contributed by atoms with Gasteiger partial charge in [0.2, 0.25) is 0 Å². The van der Waals surface area contributed by atoms with Crippen molar-refractivity contribution in [2.45, 2.75) is 13.8 Å². The number of hydrazone groups is 1. The van der Waals surface area contributed by atoms with Crippen LogP contribution in [0.5, 0.6) is 0 Å². The molecule has 0 heterocycles. The highest BCUT2D eigenvalue weighted by Gasteiger charge is 1.72. The average Bonchev–Trinajstić information content (AvgIpc) is 1.66. The van der Waals surface area contributed by atoms with Crippen molar-refractivity contribution in [1.29, 1.82) is 0 Å². The van der Waals surface area contributed by atoms with Crippen LogP contribution in [0.4, 0.5) is 0 Å². The summed E-state index contributed by atoms with van der Waals surface area (Å²) < 4.78 is 0. The van der Waals surface area contributed by atoms with Crippen molar-refractivity contribution in [3.63, 3.8) is 0 Å². The monoisotopic (exact) mass is 130 g/mol. The van der Waals surface area contributed by atoms with Crippen LogP contribution >= 0.6 is 11.8 Å². The molecule has 3 heteroatoms. The average molecular weight is 130 g/mol. The van der Waals surface area contributed by atoms with Crippen molar-refractivity contribution in [3.05, 3.63) is 11.0 Å². The minimum absolute atomic E-state index is 1.26. The zero-order chi connectivity index (χ0) is 6.41. The van der Waals surface area contributed by atoms with E-state index in [1.807, 2.05) is 19.3 Å². The molecule has 0 bridgehead atoms. The molecule has 0 spiro atoms. The molecule has 8 heavy (non-hydrogen) atoms. The molecule has 0 rings (SSSR count). The smallest absolute Gasteiger partial charge is 0.0836 e. The highest BCUT2D eigenvalue weighted by molar-refractivity contribution is 8.14. The van der Waals surface area contributed by atoms with Gasteiger partial charge in [0.25, 0.3) is 0 Å². The lowest BCUT2D eigenvalue weighted by molar-refractivity contribution is 1.27. The first kappa shape index (κ1) is 7.56. The van der Waals surface area contributed by atoms with E-state index in [1.165, 1.54) is 17.3 Å². The summed E-state index contributed by atoms with van der Waals surface area (Å²) in [6.07, 6.45) is 0. The van der Waals surface area contributed by atoms with E-state index in [0.29, 0.717) is 0 Å². The van der Waals surface area contributed by atoms with Gasteiger partial charge < -0.3 is 5.84 Å². The van der Waals surface area contributed by atoms with Gasteiger partial charge in [-0.3, -0.25) is 0 Å². The second-order valence-electron chi connectivity index (χ2n) is 1.59. The summed E-state index contributed by atoms with van der Waals surface area (Å²) in [5.41, 5.74) is 2.85. The molecule has 0 radical (unpaired) electrons. The van der Waals surface area contributed by atoms with E-state index in [0.717, 1.165) is 0 Å². The zero-order valence-electron chi connectivity index (χ0n) is 5.09. The van der Waals surface area contributed by atoms with Crippen molar-refractivity contribution in [1.82, 2.24) is 0 Å². The molecule has 0 aliphatic carbocycles. The van der Waals surface area contributed by atoms with Crippen LogP contribution < -0.4 is 5.84 Å². The van der Waals surface area contributed by atoms with E-state index in [1.54, 1.807) is 5.55 Å². The van der Waals surface area contributed by atoms with Crippen molar-refractivity contribution < 1.29 is 0 Å². The van der Waals surface area contributed by atoms with Crippen LogP contribution in [0.1, 0.15) is 13.8 Å². The molecular formula is C5H10N2S. The molecule has 0 saturated carbocycles. The Bertz CT molecular complexity index is 103. The molecule has 0 fully saturated rings. The van der Waals surface area contributed by atoms with E-state index < -0.39 is 0 Å². The van der Waals surface area contributed by atoms with Crippen LogP contribution in [0.15, 0.2) is 16.1 Å². The van der Waals surface area contributed by atoms with Crippen LogP contribution in [-0.4, -0.2) is 5.55 Å². The predicted octanol–water partition coefficient (Wildman–Crippen LogP) is 1.55. The third-order valence-corrected chi connectivity index (χ3v) is 1.28. The first-order valence-corrected chi connectivity index (χ1v) is 3.22. The second-order valence-corrected chi connectivity index (χ2v) is 2.30. The number of hydrogen-bond donors (Lipinski definition) is 1. The van der Waals surface area contributed by atoms with Gasteiger partial charge in [0.1, 0.15) is 0 Å². The number of rotatable bonds is 2. The molecule has 0 aromatic heterocycles. The molecule has 0 amide bonds. The lowest BCUT2D eigenvalue weighted by Crippen LogP contribution is -1.75. The Balaban J connectivity index is 3.30. The molecule has 2 N–H and O–H groups in total. The molecular weight excluding hydrogens is 120 g/mol. The molecule has 0 aliphatic heterocycles. The summed E-state index contributed by atoms with van der Waals surface area (Å²) in [4.78, 5) is 0. The van der Waals surface area contributed by atoms with Gasteiger partial charge in [-0.1, -0.05) is 17.3 Å². The Kier molecular flexibility index (Phi) is 4.45. The Morgan fingerprint density at radius 3 is 2.62 bits per heavy atom. The van der Waals surface area contributed by atoms with Crippen molar-refractivity contribution in [2.75, 3.05) is 0 Å². The van der Waals surface area contributed by atoms with Crippen LogP contribution in [0.2, 0.25) is 0 Å². The summed E-state index contributed by atoms with van der Waals surface area (Å²) in [5.74, 6) is 4.83. The maximum Gasteiger partial charge on any atom is 0.0836 e. The van der Waals surface area contributed by atoms with Crippen LogP contribution in [-0.2, 0) is 0 Å². The largest absolute Gasteiger partial charge is 0.323 e. The minimum Gasteiger partial charge on any atom is -0.323 e. The molecule has 0 aromatic carbocycles. The summed E-state index contributed by atoms with van der Waals surface area (Å²) in [7, 11) is 0.